The molecular weight excluding hydrogens is 340 g/mol. The second kappa shape index (κ2) is 10.0. The Kier molecular flexibility index (Phi) is 7.73. The third-order valence-electron chi connectivity index (χ3n) is 3.74. The van der Waals surface area contributed by atoms with Crippen LogP contribution in [0.25, 0.3) is 0 Å². The van der Waals surface area contributed by atoms with Gasteiger partial charge in [-0.05, 0) is 17.7 Å². The lowest BCUT2D eigenvalue weighted by atomic mass is 9.97. The molecule has 2 aromatic carbocycles. The predicted molar refractivity (Wildman–Crippen MR) is 99.2 cm³/mol. The van der Waals surface area contributed by atoms with Crippen LogP contribution in [-0.4, -0.2) is 39.8 Å². The van der Waals surface area contributed by atoms with Crippen molar-refractivity contribution in [1.29, 1.82) is 0 Å². The van der Waals surface area contributed by atoms with Gasteiger partial charge in [-0.3, -0.25) is 4.79 Å². The van der Waals surface area contributed by atoms with Crippen molar-refractivity contribution in [2.75, 3.05) is 33.9 Å². The molecule has 0 fully saturated rings. The van der Waals surface area contributed by atoms with Crippen LogP contribution in [-0.2, 0) is 9.53 Å². The molecule has 0 heterocycles. The number of hydrogen-bond acceptors (Lipinski definition) is 4. The number of amides is 1. The standard InChI is InChI=1S/C19H23ClN2O3/c1-24-12-11-21-13-18(23)22-19(14-7-3-5-9-16(14)20)15-8-4-6-10-17(15)25-2/h3-10,19,21H,11-13H2,1-2H3,(H,22,23). The number of hydrogen-bond donors (Lipinski definition) is 2. The summed E-state index contributed by atoms with van der Waals surface area (Å²) in [5.41, 5.74) is 1.67. The summed E-state index contributed by atoms with van der Waals surface area (Å²) in [4.78, 5) is 12.4. The third-order valence-corrected chi connectivity index (χ3v) is 4.08. The predicted octanol–water partition coefficient (Wildman–Crippen LogP) is 2.79. The van der Waals surface area contributed by atoms with Crippen LogP contribution in [0.4, 0.5) is 0 Å². The van der Waals surface area contributed by atoms with E-state index in [1.165, 1.54) is 0 Å². The van der Waals surface area contributed by atoms with Gasteiger partial charge in [0.05, 0.1) is 26.3 Å². The van der Waals surface area contributed by atoms with Crippen LogP contribution in [0.15, 0.2) is 48.5 Å². The fourth-order valence-corrected chi connectivity index (χ4v) is 2.77. The maximum Gasteiger partial charge on any atom is 0.234 e. The first-order chi connectivity index (χ1) is 12.2. The maximum absolute atomic E-state index is 12.4. The van der Waals surface area contributed by atoms with Gasteiger partial charge in [0.2, 0.25) is 5.91 Å². The smallest absolute Gasteiger partial charge is 0.234 e. The van der Waals surface area contributed by atoms with Crippen LogP contribution in [0.2, 0.25) is 5.02 Å². The molecule has 0 bridgehead atoms. The fraction of sp³-hybridized carbons (Fsp3) is 0.316. The number of ether oxygens (including phenoxy) is 2. The number of benzene rings is 2. The van der Waals surface area contributed by atoms with E-state index in [0.717, 1.165) is 11.1 Å². The van der Waals surface area contributed by atoms with Gasteiger partial charge in [-0.2, -0.15) is 0 Å². The van der Waals surface area contributed by atoms with Crippen molar-refractivity contribution in [3.63, 3.8) is 0 Å². The highest BCUT2D eigenvalue weighted by Gasteiger charge is 2.22. The monoisotopic (exact) mass is 362 g/mol. The van der Waals surface area contributed by atoms with Gasteiger partial charge < -0.3 is 20.1 Å². The van der Waals surface area contributed by atoms with Gasteiger partial charge in [-0.1, -0.05) is 48.0 Å². The molecule has 0 saturated carbocycles. The molecule has 6 heteroatoms. The van der Waals surface area contributed by atoms with E-state index in [9.17, 15) is 4.79 Å². The number of rotatable bonds is 9. The maximum atomic E-state index is 12.4. The Morgan fingerprint density at radius 1 is 1.08 bits per heavy atom. The molecule has 1 atom stereocenters. The van der Waals surface area contributed by atoms with Crippen molar-refractivity contribution in [2.45, 2.75) is 6.04 Å². The van der Waals surface area contributed by atoms with Crippen molar-refractivity contribution >= 4 is 17.5 Å². The molecule has 0 aliphatic heterocycles. The zero-order valence-electron chi connectivity index (χ0n) is 14.4. The molecule has 1 unspecified atom stereocenters. The summed E-state index contributed by atoms with van der Waals surface area (Å²) in [5.74, 6) is 0.562. The number of carbonyl (C=O) groups is 1. The summed E-state index contributed by atoms with van der Waals surface area (Å²) in [7, 11) is 3.23. The average molecular weight is 363 g/mol. The largest absolute Gasteiger partial charge is 0.496 e. The topological polar surface area (TPSA) is 59.6 Å². The number of carbonyl (C=O) groups excluding carboxylic acids is 1. The Morgan fingerprint density at radius 3 is 2.44 bits per heavy atom. The zero-order chi connectivity index (χ0) is 18.1. The molecule has 134 valence electrons. The van der Waals surface area contributed by atoms with E-state index in [1.54, 1.807) is 14.2 Å². The van der Waals surface area contributed by atoms with Crippen LogP contribution >= 0.6 is 11.6 Å². The minimum Gasteiger partial charge on any atom is -0.496 e. The van der Waals surface area contributed by atoms with Crippen LogP contribution in [0.5, 0.6) is 5.75 Å². The summed E-state index contributed by atoms with van der Waals surface area (Å²) in [5, 5.41) is 6.66. The highest BCUT2D eigenvalue weighted by atomic mass is 35.5. The van der Waals surface area contributed by atoms with Gasteiger partial charge in [0.25, 0.3) is 0 Å². The van der Waals surface area contributed by atoms with E-state index in [0.29, 0.717) is 23.9 Å². The minimum atomic E-state index is -0.401. The average Bonchev–Trinajstić information content (AvgIpc) is 2.64. The Balaban J connectivity index is 2.24. The van der Waals surface area contributed by atoms with Crippen molar-refractivity contribution in [2.24, 2.45) is 0 Å². The molecule has 0 radical (unpaired) electrons. The summed E-state index contributed by atoms with van der Waals surface area (Å²) < 4.78 is 10.4. The van der Waals surface area contributed by atoms with E-state index in [2.05, 4.69) is 10.6 Å². The Bertz CT molecular complexity index is 694. The second-order valence-corrected chi connectivity index (χ2v) is 5.84. The van der Waals surface area contributed by atoms with Gasteiger partial charge in [0.1, 0.15) is 5.75 Å². The Labute approximate surface area is 153 Å². The first-order valence-electron chi connectivity index (χ1n) is 8.03. The molecule has 5 nitrogen and oxygen atoms in total. The Hall–Kier alpha value is -2.08. The molecule has 0 aliphatic rings. The van der Waals surface area contributed by atoms with Gasteiger partial charge in [-0.25, -0.2) is 0 Å². The summed E-state index contributed by atoms with van der Waals surface area (Å²) >= 11 is 6.37. The quantitative estimate of drug-likeness (QED) is 0.673. The summed E-state index contributed by atoms with van der Waals surface area (Å²) in [6.07, 6.45) is 0. The SMILES string of the molecule is COCCNCC(=O)NC(c1ccccc1Cl)c1ccccc1OC. The highest BCUT2D eigenvalue weighted by Crippen LogP contribution is 2.33. The second-order valence-electron chi connectivity index (χ2n) is 5.43. The molecule has 0 aromatic heterocycles. The van der Waals surface area contributed by atoms with Gasteiger partial charge in [0, 0.05) is 24.2 Å². The lowest BCUT2D eigenvalue weighted by Crippen LogP contribution is -2.37. The van der Waals surface area contributed by atoms with Gasteiger partial charge in [-0.15, -0.1) is 0 Å². The zero-order valence-corrected chi connectivity index (χ0v) is 15.2. The number of para-hydroxylation sites is 1. The van der Waals surface area contributed by atoms with Gasteiger partial charge in [0.15, 0.2) is 0 Å². The normalized spacial score (nSPS) is 11.8. The molecule has 0 saturated heterocycles. The molecule has 0 aliphatic carbocycles. The van der Waals surface area contributed by atoms with Crippen LogP contribution in [0.3, 0.4) is 0 Å². The number of methoxy groups -OCH3 is 2. The first kappa shape index (κ1) is 19.2. The molecular formula is C19H23ClN2O3. The van der Waals surface area contributed by atoms with E-state index >= 15 is 0 Å². The molecule has 1 amide bonds. The fourth-order valence-electron chi connectivity index (χ4n) is 2.53. The Morgan fingerprint density at radius 2 is 1.76 bits per heavy atom. The van der Waals surface area contributed by atoms with Crippen molar-refractivity contribution in [3.8, 4) is 5.75 Å². The third kappa shape index (κ3) is 5.46. The van der Waals surface area contributed by atoms with Crippen LogP contribution in [0.1, 0.15) is 17.2 Å². The van der Waals surface area contributed by atoms with Crippen molar-refractivity contribution < 1.29 is 14.3 Å². The number of nitrogens with one attached hydrogen (secondary N) is 2. The lowest BCUT2D eigenvalue weighted by Gasteiger charge is -2.23. The summed E-state index contributed by atoms with van der Waals surface area (Å²) in [6.45, 7) is 1.35. The van der Waals surface area contributed by atoms with Crippen LogP contribution < -0.4 is 15.4 Å². The summed E-state index contributed by atoms with van der Waals surface area (Å²) in [6, 6.07) is 14.6. The minimum absolute atomic E-state index is 0.132. The lowest BCUT2D eigenvalue weighted by molar-refractivity contribution is -0.120. The van der Waals surface area contributed by atoms with Gasteiger partial charge >= 0.3 is 0 Å². The van der Waals surface area contributed by atoms with E-state index in [-0.39, 0.29) is 12.5 Å². The van der Waals surface area contributed by atoms with E-state index < -0.39 is 6.04 Å². The van der Waals surface area contributed by atoms with E-state index in [1.807, 2.05) is 48.5 Å². The molecule has 25 heavy (non-hydrogen) atoms. The molecule has 2 aromatic rings. The first-order valence-corrected chi connectivity index (χ1v) is 8.41. The molecule has 0 spiro atoms. The number of halogens is 1. The van der Waals surface area contributed by atoms with Crippen molar-refractivity contribution in [3.05, 3.63) is 64.7 Å². The van der Waals surface area contributed by atoms with E-state index in [4.69, 9.17) is 21.1 Å². The molecule has 2 N–H and O–H groups in total. The highest BCUT2D eigenvalue weighted by molar-refractivity contribution is 6.31. The van der Waals surface area contributed by atoms with Crippen molar-refractivity contribution in [1.82, 2.24) is 10.6 Å². The van der Waals surface area contributed by atoms with Crippen LogP contribution in [0, 0.1) is 0 Å². The molecule has 2 rings (SSSR count).